The molecule has 18 heavy (non-hydrogen) atoms. The van der Waals surface area contributed by atoms with Crippen LogP contribution in [0.25, 0.3) is 0 Å². The van der Waals surface area contributed by atoms with E-state index in [9.17, 15) is 18.0 Å². The molecule has 1 aliphatic heterocycles. The van der Waals surface area contributed by atoms with E-state index in [0.717, 1.165) is 0 Å². The number of carbonyl (C=O) groups is 1. The third-order valence-electron chi connectivity index (χ3n) is 2.54. The van der Waals surface area contributed by atoms with Crippen LogP contribution in [0.4, 0.5) is 13.2 Å². The molecule has 1 unspecified atom stereocenters. The first kappa shape index (κ1) is 12.9. The number of hydrogen-bond acceptors (Lipinski definition) is 4. The fraction of sp³-hybridized carbons (Fsp3) is 0.600. The molecule has 100 valence electrons. The molecule has 0 saturated heterocycles. The fourth-order valence-corrected chi connectivity index (χ4v) is 1.69. The number of halogens is 3. The van der Waals surface area contributed by atoms with E-state index in [4.69, 9.17) is 4.74 Å². The van der Waals surface area contributed by atoms with Gasteiger partial charge in [-0.3, -0.25) is 0 Å². The molecule has 0 amide bonds. The van der Waals surface area contributed by atoms with Crippen molar-refractivity contribution in [3.8, 4) is 0 Å². The van der Waals surface area contributed by atoms with Crippen molar-refractivity contribution in [3.05, 3.63) is 17.7 Å². The summed E-state index contributed by atoms with van der Waals surface area (Å²) in [5.41, 5.74) is 0.429. The second kappa shape index (κ2) is 4.60. The molecule has 1 aromatic heterocycles. The lowest BCUT2D eigenvalue weighted by Crippen LogP contribution is -2.40. The van der Waals surface area contributed by atoms with Crippen molar-refractivity contribution in [3.63, 3.8) is 0 Å². The number of nitrogens with zero attached hydrogens (tertiary/aromatic N) is 2. The predicted molar refractivity (Wildman–Crippen MR) is 52.8 cm³/mol. The summed E-state index contributed by atoms with van der Waals surface area (Å²) in [7, 11) is 0. The molecular weight excluding hydrogens is 253 g/mol. The summed E-state index contributed by atoms with van der Waals surface area (Å²) >= 11 is 0. The highest BCUT2D eigenvalue weighted by Gasteiger charge is 2.43. The summed E-state index contributed by atoms with van der Waals surface area (Å²) in [6, 6.07) is 0. The maximum Gasteiger partial charge on any atom is 0.416 e. The van der Waals surface area contributed by atoms with E-state index in [1.165, 1.54) is 10.8 Å². The molecule has 0 fully saturated rings. The summed E-state index contributed by atoms with van der Waals surface area (Å²) in [5, 5.41) is 0. The van der Waals surface area contributed by atoms with Gasteiger partial charge in [-0.25, -0.2) is 9.78 Å². The number of imidazole rings is 1. The Morgan fingerprint density at radius 1 is 1.67 bits per heavy atom. The van der Waals surface area contributed by atoms with Crippen molar-refractivity contribution in [2.75, 3.05) is 6.61 Å². The second-order valence-corrected chi connectivity index (χ2v) is 3.75. The molecule has 2 rings (SSSR count). The molecule has 0 aliphatic carbocycles. The molecule has 0 aromatic carbocycles. The monoisotopic (exact) mass is 264 g/mol. The third kappa shape index (κ3) is 2.33. The van der Waals surface area contributed by atoms with Crippen LogP contribution < -0.4 is 0 Å². The highest BCUT2D eigenvalue weighted by atomic mass is 19.4. The first-order chi connectivity index (χ1) is 8.43. The number of rotatable bonds is 2. The molecule has 8 heteroatoms. The zero-order valence-corrected chi connectivity index (χ0v) is 9.53. The third-order valence-corrected chi connectivity index (χ3v) is 2.54. The fourth-order valence-electron chi connectivity index (χ4n) is 1.69. The van der Waals surface area contributed by atoms with E-state index in [-0.39, 0.29) is 19.0 Å². The minimum absolute atomic E-state index is 0.121. The van der Waals surface area contributed by atoms with Crippen molar-refractivity contribution in [1.29, 1.82) is 0 Å². The lowest BCUT2D eigenvalue weighted by molar-refractivity contribution is -0.234. The quantitative estimate of drug-likeness (QED) is 0.760. The standard InChI is InChI=1S/C10H11F3N2O3/c1-2-17-9(16)8-14-3-6-5-18-7(4-15(6)8)10(11,12)13/h3,7H,2,4-5H2,1H3. The molecule has 5 nitrogen and oxygen atoms in total. The van der Waals surface area contributed by atoms with Crippen LogP contribution in [0.1, 0.15) is 23.2 Å². The van der Waals surface area contributed by atoms with Crippen molar-refractivity contribution in [2.45, 2.75) is 32.4 Å². The van der Waals surface area contributed by atoms with Crippen molar-refractivity contribution in [1.82, 2.24) is 9.55 Å². The van der Waals surface area contributed by atoms with Crippen LogP contribution in [-0.2, 0) is 22.6 Å². The van der Waals surface area contributed by atoms with Gasteiger partial charge in [-0.05, 0) is 6.92 Å². The number of esters is 1. The highest BCUT2D eigenvalue weighted by Crippen LogP contribution is 2.29. The van der Waals surface area contributed by atoms with Crippen LogP contribution in [0.2, 0.25) is 0 Å². The number of carbonyl (C=O) groups excluding carboxylic acids is 1. The first-order valence-electron chi connectivity index (χ1n) is 5.33. The number of alkyl halides is 3. The summed E-state index contributed by atoms with van der Waals surface area (Å²) in [4.78, 5) is 15.3. The Balaban J connectivity index is 2.24. The number of aromatic nitrogens is 2. The molecule has 0 spiro atoms. The smallest absolute Gasteiger partial charge is 0.416 e. The number of fused-ring (bicyclic) bond motifs is 1. The van der Waals surface area contributed by atoms with Gasteiger partial charge in [0.15, 0.2) is 6.10 Å². The van der Waals surface area contributed by atoms with Gasteiger partial charge < -0.3 is 14.0 Å². The van der Waals surface area contributed by atoms with Gasteiger partial charge in [-0.1, -0.05) is 0 Å². The average molecular weight is 264 g/mol. The highest BCUT2D eigenvalue weighted by molar-refractivity contribution is 5.85. The maximum absolute atomic E-state index is 12.5. The van der Waals surface area contributed by atoms with Gasteiger partial charge in [-0.15, -0.1) is 0 Å². The van der Waals surface area contributed by atoms with Gasteiger partial charge >= 0.3 is 12.1 Å². The number of ether oxygens (including phenoxy) is 2. The summed E-state index contributed by atoms with van der Waals surface area (Å²) in [5.74, 6) is -0.851. The van der Waals surface area contributed by atoms with Crippen LogP contribution in [0, 0.1) is 0 Å². The summed E-state index contributed by atoms with van der Waals surface area (Å²) in [6.07, 6.45) is -5.07. The Morgan fingerprint density at radius 2 is 2.39 bits per heavy atom. The molecule has 1 atom stereocenters. The van der Waals surface area contributed by atoms with Gasteiger partial charge in [0.1, 0.15) is 0 Å². The molecule has 1 aliphatic rings. The van der Waals surface area contributed by atoms with Gasteiger partial charge in [-0.2, -0.15) is 13.2 Å². The van der Waals surface area contributed by atoms with Crippen LogP contribution in [0.3, 0.4) is 0 Å². The van der Waals surface area contributed by atoms with Gasteiger partial charge in [0, 0.05) is 0 Å². The second-order valence-electron chi connectivity index (χ2n) is 3.75. The lowest BCUT2D eigenvalue weighted by atomic mass is 10.3. The average Bonchev–Trinajstić information content (AvgIpc) is 2.70. The maximum atomic E-state index is 12.5. The van der Waals surface area contributed by atoms with Crippen LogP contribution in [-0.4, -0.2) is 34.4 Å². The molecule has 2 heterocycles. The molecule has 0 N–H and O–H groups in total. The minimum Gasteiger partial charge on any atom is -0.460 e. The van der Waals surface area contributed by atoms with E-state index in [0.29, 0.717) is 5.69 Å². The van der Waals surface area contributed by atoms with Gasteiger partial charge in [0.2, 0.25) is 5.82 Å². The van der Waals surface area contributed by atoms with Gasteiger partial charge in [0.05, 0.1) is 31.6 Å². The molecule has 1 aromatic rings. The van der Waals surface area contributed by atoms with Crippen LogP contribution in [0.15, 0.2) is 6.20 Å². The SMILES string of the molecule is CCOC(=O)c1ncc2n1CC(C(F)(F)F)OC2. The predicted octanol–water partition coefficient (Wildman–Crippen LogP) is 1.52. The Bertz CT molecular complexity index is 456. The van der Waals surface area contributed by atoms with Crippen LogP contribution in [0.5, 0.6) is 0 Å². The van der Waals surface area contributed by atoms with Gasteiger partial charge in [0.25, 0.3) is 0 Å². The van der Waals surface area contributed by atoms with E-state index in [1.54, 1.807) is 6.92 Å². The van der Waals surface area contributed by atoms with E-state index < -0.39 is 24.8 Å². The summed E-state index contributed by atoms with van der Waals surface area (Å²) < 4.78 is 48.2. The molecule has 0 saturated carbocycles. The molecule has 0 radical (unpaired) electrons. The zero-order valence-electron chi connectivity index (χ0n) is 9.53. The topological polar surface area (TPSA) is 53.3 Å². The Kier molecular flexibility index (Phi) is 3.29. The first-order valence-corrected chi connectivity index (χ1v) is 5.33. The van der Waals surface area contributed by atoms with Crippen LogP contribution >= 0.6 is 0 Å². The van der Waals surface area contributed by atoms with Crippen molar-refractivity contribution < 1.29 is 27.4 Å². The minimum atomic E-state index is -4.46. The lowest BCUT2D eigenvalue weighted by Gasteiger charge is -2.27. The van der Waals surface area contributed by atoms with E-state index in [1.807, 2.05) is 0 Å². The van der Waals surface area contributed by atoms with E-state index >= 15 is 0 Å². The van der Waals surface area contributed by atoms with E-state index in [2.05, 4.69) is 9.72 Å². The summed E-state index contributed by atoms with van der Waals surface area (Å²) in [6.45, 7) is 1.05. The Morgan fingerprint density at radius 3 is 3.00 bits per heavy atom. The Labute approximate surface area is 101 Å². The number of hydrogen-bond donors (Lipinski definition) is 0. The Hall–Kier alpha value is -1.57. The normalized spacial score (nSPS) is 19.4. The largest absolute Gasteiger partial charge is 0.460 e. The van der Waals surface area contributed by atoms with Crippen molar-refractivity contribution >= 4 is 5.97 Å². The zero-order chi connectivity index (χ0) is 13.3. The van der Waals surface area contributed by atoms with Crippen molar-refractivity contribution in [2.24, 2.45) is 0 Å². The molecular formula is C10H11F3N2O3. The molecule has 0 bridgehead atoms.